The molecule has 7 heteroatoms. The summed E-state index contributed by atoms with van der Waals surface area (Å²) in [5.41, 5.74) is 1.30. The third-order valence-electron chi connectivity index (χ3n) is 4.20. The summed E-state index contributed by atoms with van der Waals surface area (Å²) >= 11 is 0. The molecule has 1 heterocycles. The standard InChI is InChI=1S/C18H25N3O3S/c1-5-21(6-2)25(23,24)16-12-17(20(4)13-16)18(22)19-14(3)15-10-8-7-9-11-15/h7-14H,5-6H2,1-4H3,(H,19,22)/t14-/m1/s1. The highest BCUT2D eigenvalue weighted by Gasteiger charge is 2.25. The summed E-state index contributed by atoms with van der Waals surface area (Å²) < 4.78 is 28.1. The molecule has 0 unspecified atom stereocenters. The first kappa shape index (κ1) is 19.2. The van der Waals surface area contributed by atoms with Gasteiger partial charge in [0, 0.05) is 26.3 Å². The Bertz CT molecular complexity index is 825. The number of hydrogen-bond donors (Lipinski definition) is 1. The van der Waals surface area contributed by atoms with Crippen molar-refractivity contribution in [3.05, 3.63) is 53.9 Å². The molecule has 0 bridgehead atoms. The van der Waals surface area contributed by atoms with E-state index in [-0.39, 0.29) is 16.8 Å². The van der Waals surface area contributed by atoms with Crippen LogP contribution in [0.25, 0.3) is 0 Å². The van der Waals surface area contributed by atoms with Crippen molar-refractivity contribution < 1.29 is 13.2 Å². The van der Waals surface area contributed by atoms with Crippen LogP contribution in [0.2, 0.25) is 0 Å². The lowest BCUT2D eigenvalue weighted by Gasteiger charge is -2.17. The van der Waals surface area contributed by atoms with Gasteiger partial charge in [-0.2, -0.15) is 4.31 Å². The van der Waals surface area contributed by atoms with Crippen LogP contribution in [0, 0.1) is 0 Å². The van der Waals surface area contributed by atoms with Gasteiger partial charge in [0.1, 0.15) is 10.6 Å². The van der Waals surface area contributed by atoms with Gasteiger partial charge in [0.15, 0.2) is 0 Å². The molecule has 0 radical (unpaired) electrons. The molecular weight excluding hydrogens is 338 g/mol. The Hall–Kier alpha value is -2.12. The van der Waals surface area contributed by atoms with Crippen molar-refractivity contribution in [2.45, 2.75) is 31.7 Å². The topological polar surface area (TPSA) is 71.4 Å². The summed E-state index contributed by atoms with van der Waals surface area (Å²) in [6, 6.07) is 10.9. The molecule has 0 aliphatic rings. The summed E-state index contributed by atoms with van der Waals surface area (Å²) in [6.07, 6.45) is 1.48. The van der Waals surface area contributed by atoms with Crippen LogP contribution < -0.4 is 5.32 Å². The second-order valence-corrected chi connectivity index (χ2v) is 7.81. The van der Waals surface area contributed by atoms with E-state index < -0.39 is 10.0 Å². The molecule has 0 fully saturated rings. The number of nitrogens with one attached hydrogen (secondary N) is 1. The summed E-state index contributed by atoms with van der Waals surface area (Å²) in [7, 11) is -1.91. The van der Waals surface area contributed by atoms with Crippen molar-refractivity contribution >= 4 is 15.9 Å². The fraction of sp³-hybridized carbons (Fsp3) is 0.389. The number of nitrogens with zero attached hydrogens (tertiary/aromatic N) is 2. The van der Waals surface area contributed by atoms with Crippen molar-refractivity contribution in [3.8, 4) is 0 Å². The Labute approximate surface area is 149 Å². The van der Waals surface area contributed by atoms with Gasteiger partial charge in [-0.3, -0.25) is 4.79 Å². The Kier molecular flexibility index (Phi) is 6.02. The van der Waals surface area contributed by atoms with E-state index >= 15 is 0 Å². The Morgan fingerprint density at radius 3 is 2.36 bits per heavy atom. The maximum Gasteiger partial charge on any atom is 0.268 e. The predicted octanol–water partition coefficient (Wildman–Crippen LogP) is 2.55. The van der Waals surface area contributed by atoms with E-state index in [1.54, 1.807) is 25.5 Å². The minimum atomic E-state index is -3.58. The molecule has 25 heavy (non-hydrogen) atoms. The van der Waals surface area contributed by atoms with Crippen molar-refractivity contribution in [1.29, 1.82) is 0 Å². The number of carbonyl (C=O) groups is 1. The second-order valence-electron chi connectivity index (χ2n) is 5.87. The third-order valence-corrected chi connectivity index (χ3v) is 6.22. The van der Waals surface area contributed by atoms with Gasteiger partial charge in [-0.05, 0) is 18.6 Å². The van der Waals surface area contributed by atoms with Gasteiger partial charge < -0.3 is 9.88 Å². The van der Waals surface area contributed by atoms with Crippen LogP contribution >= 0.6 is 0 Å². The summed E-state index contributed by atoms with van der Waals surface area (Å²) in [6.45, 7) is 6.25. The van der Waals surface area contributed by atoms with Gasteiger partial charge >= 0.3 is 0 Å². The van der Waals surface area contributed by atoms with Gasteiger partial charge in [-0.15, -0.1) is 0 Å². The molecule has 0 aliphatic carbocycles. The van der Waals surface area contributed by atoms with E-state index in [4.69, 9.17) is 0 Å². The fourth-order valence-electron chi connectivity index (χ4n) is 2.71. The van der Waals surface area contributed by atoms with E-state index in [1.165, 1.54) is 16.6 Å². The van der Waals surface area contributed by atoms with Crippen LogP contribution in [0.5, 0.6) is 0 Å². The first-order valence-electron chi connectivity index (χ1n) is 8.33. The van der Waals surface area contributed by atoms with Crippen molar-refractivity contribution in [3.63, 3.8) is 0 Å². The number of carbonyl (C=O) groups excluding carboxylic acids is 1. The first-order valence-corrected chi connectivity index (χ1v) is 9.77. The monoisotopic (exact) mass is 363 g/mol. The van der Waals surface area contributed by atoms with Gasteiger partial charge in [0.2, 0.25) is 10.0 Å². The molecule has 2 aromatic rings. The molecule has 1 aromatic carbocycles. The van der Waals surface area contributed by atoms with Gasteiger partial charge in [-0.1, -0.05) is 44.2 Å². The lowest BCUT2D eigenvalue weighted by Crippen LogP contribution is -2.30. The number of hydrogen-bond acceptors (Lipinski definition) is 3. The van der Waals surface area contributed by atoms with Gasteiger partial charge in [0.05, 0.1) is 6.04 Å². The second kappa shape index (κ2) is 7.84. The van der Waals surface area contributed by atoms with Crippen LogP contribution in [0.1, 0.15) is 42.9 Å². The maximum atomic E-state index is 12.6. The molecule has 0 saturated heterocycles. The molecule has 0 spiro atoms. The van der Waals surface area contributed by atoms with Crippen molar-refractivity contribution in [2.24, 2.45) is 7.05 Å². The molecule has 1 aromatic heterocycles. The van der Waals surface area contributed by atoms with Crippen LogP contribution in [0.4, 0.5) is 0 Å². The van der Waals surface area contributed by atoms with Gasteiger partial charge in [0.25, 0.3) is 5.91 Å². The van der Waals surface area contributed by atoms with E-state index in [0.717, 1.165) is 5.56 Å². The molecule has 0 aliphatic heterocycles. The van der Waals surface area contributed by atoms with Crippen molar-refractivity contribution in [2.75, 3.05) is 13.1 Å². The SMILES string of the molecule is CCN(CC)S(=O)(=O)c1cc(C(=O)N[C@H](C)c2ccccc2)n(C)c1. The number of rotatable bonds is 7. The van der Waals surface area contributed by atoms with E-state index in [1.807, 2.05) is 37.3 Å². The maximum absolute atomic E-state index is 12.6. The smallest absolute Gasteiger partial charge is 0.268 e. The minimum Gasteiger partial charge on any atom is -0.345 e. The normalized spacial score (nSPS) is 13.0. The van der Waals surface area contributed by atoms with E-state index in [0.29, 0.717) is 18.8 Å². The Morgan fingerprint density at radius 1 is 1.20 bits per heavy atom. The highest BCUT2D eigenvalue weighted by atomic mass is 32.2. The number of aromatic nitrogens is 1. The Morgan fingerprint density at radius 2 is 1.80 bits per heavy atom. The predicted molar refractivity (Wildman–Crippen MR) is 97.8 cm³/mol. The first-order chi connectivity index (χ1) is 11.8. The minimum absolute atomic E-state index is 0.135. The molecule has 1 atom stereocenters. The fourth-order valence-corrected chi connectivity index (χ4v) is 4.24. The zero-order valence-electron chi connectivity index (χ0n) is 15.1. The van der Waals surface area contributed by atoms with Crippen molar-refractivity contribution in [1.82, 2.24) is 14.2 Å². The largest absolute Gasteiger partial charge is 0.345 e. The third kappa shape index (κ3) is 4.11. The average molecular weight is 363 g/mol. The molecular formula is C18H25N3O3S. The molecule has 1 amide bonds. The van der Waals surface area contributed by atoms with Crippen LogP contribution in [0.15, 0.2) is 47.5 Å². The molecule has 1 N–H and O–H groups in total. The average Bonchev–Trinajstić information content (AvgIpc) is 2.99. The van der Waals surface area contributed by atoms with Crippen LogP contribution in [-0.4, -0.2) is 36.3 Å². The number of amides is 1. The molecule has 0 saturated carbocycles. The van der Waals surface area contributed by atoms with Gasteiger partial charge in [-0.25, -0.2) is 8.42 Å². The van der Waals surface area contributed by atoms with Crippen LogP contribution in [0.3, 0.4) is 0 Å². The van der Waals surface area contributed by atoms with Crippen LogP contribution in [-0.2, 0) is 17.1 Å². The quantitative estimate of drug-likeness (QED) is 0.822. The number of benzene rings is 1. The number of aryl methyl sites for hydroxylation is 1. The molecule has 136 valence electrons. The summed E-state index contributed by atoms with van der Waals surface area (Å²) in [5.74, 6) is -0.306. The van der Waals surface area contributed by atoms with E-state index in [9.17, 15) is 13.2 Å². The highest BCUT2D eigenvalue weighted by molar-refractivity contribution is 7.89. The van der Waals surface area contributed by atoms with E-state index in [2.05, 4.69) is 5.32 Å². The molecule has 6 nitrogen and oxygen atoms in total. The summed E-state index contributed by atoms with van der Waals surface area (Å²) in [4.78, 5) is 12.7. The lowest BCUT2D eigenvalue weighted by atomic mass is 10.1. The number of sulfonamides is 1. The zero-order valence-corrected chi connectivity index (χ0v) is 15.9. The highest BCUT2D eigenvalue weighted by Crippen LogP contribution is 2.19. The Balaban J connectivity index is 2.23. The lowest BCUT2D eigenvalue weighted by molar-refractivity contribution is 0.0931. The zero-order chi connectivity index (χ0) is 18.6. The summed E-state index contributed by atoms with van der Waals surface area (Å²) in [5, 5.41) is 2.91. The molecule has 2 rings (SSSR count).